The van der Waals surface area contributed by atoms with Gasteiger partial charge in [0.25, 0.3) is 5.91 Å². The summed E-state index contributed by atoms with van der Waals surface area (Å²) in [6, 6.07) is 13.5. The molecule has 35 heavy (non-hydrogen) atoms. The number of carbonyl (C=O) groups is 2. The van der Waals surface area contributed by atoms with E-state index in [1.54, 1.807) is 7.11 Å². The number of nitrogens with zero attached hydrogens (tertiary/aromatic N) is 3. The van der Waals surface area contributed by atoms with Crippen molar-refractivity contribution >= 4 is 18.0 Å². The van der Waals surface area contributed by atoms with Crippen LogP contribution in [0.2, 0.25) is 0 Å². The molecule has 8 nitrogen and oxygen atoms in total. The summed E-state index contributed by atoms with van der Waals surface area (Å²) in [6.45, 7) is 5.26. The highest BCUT2D eigenvalue weighted by Gasteiger charge is 2.35. The van der Waals surface area contributed by atoms with E-state index < -0.39 is 23.5 Å². The molecule has 1 heterocycles. The number of aromatic nitrogens is 1. The smallest absolute Gasteiger partial charge is 0.349 e. The van der Waals surface area contributed by atoms with Crippen LogP contribution in [0.3, 0.4) is 0 Å². The molecule has 3 rings (SSSR count). The minimum Gasteiger partial charge on any atom is -0.497 e. The van der Waals surface area contributed by atoms with Crippen molar-refractivity contribution in [2.75, 3.05) is 7.11 Å². The molecule has 182 valence electrons. The number of nitriles is 2. The summed E-state index contributed by atoms with van der Waals surface area (Å²) in [7, 11) is 1.61. The lowest BCUT2D eigenvalue weighted by atomic mass is 9.83. The number of benzene rings is 1. The van der Waals surface area contributed by atoms with Crippen LogP contribution in [-0.4, -0.2) is 35.2 Å². The summed E-state index contributed by atoms with van der Waals surface area (Å²) < 4.78 is 12.5. The SMILES string of the molecule is COc1ccc(-n2c(C)cc(/C=C(\C#N)C(=O)OC(C)C(=O)NC3(C#N)CCCCC3)c2C)cc1. The molecular formula is C27H30N4O4. The van der Waals surface area contributed by atoms with Gasteiger partial charge in [0.2, 0.25) is 0 Å². The number of methoxy groups -OCH3 is 1. The molecule has 1 unspecified atom stereocenters. The van der Waals surface area contributed by atoms with Gasteiger partial charge >= 0.3 is 5.97 Å². The van der Waals surface area contributed by atoms with Gasteiger partial charge in [-0.1, -0.05) is 19.3 Å². The van der Waals surface area contributed by atoms with Crippen LogP contribution >= 0.6 is 0 Å². The van der Waals surface area contributed by atoms with Crippen LogP contribution in [0.5, 0.6) is 5.75 Å². The Labute approximate surface area is 205 Å². The number of amides is 1. The third-order valence-corrected chi connectivity index (χ3v) is 6.38. The normalized spacial score (nSPS) is 15.9. The molecule has 0 aliphatic heterocycles. The Kier molecular flexibility index (Phi) is 7.98. The number of nitrogens with one attached hydrogen (secondary N) is 1. The van der Waals surface area contributed by atoms with E-state index in [0.717, 1.165) is 42.1 Å². The fourth-order valence-electron chi connectivity index (χ4n) is 4.39. The first kappa shape index (κ1) is 25.6. The molecule has 0 spiro atoms. The minimum atomic E-state index is -1.14. The van der Waals surface area contributed by atoms with Crippen molar-refractivity contribution in [3.8, 4) is 23.6 Å². The third kappa shape index (κ3) is 5.73. The second-order valence-electron chi connectivity index (χ2n) is 8.82. The van der Waals surface area contributed by atoms with Gasteiger partial charge in [-0.15, -0.1) is 0 Å². The number of aryl methyl sites for hydroxylation is 1. The van der Waals surface area contributed by atoms with Crippen LogP contribution in [0.15, 0.2) is 35.9 Å². The van der Waals surface area contributed by atoms with Gasteiger partial charge in [-0.3, -0.25) is 4.79 Å². The molecule has 1 N–H and O–H groups in total. The highest BCUT2D eigenvalue weighted by atomic mass is 16.5. The van der Waals surface area contributed by atoms with Crippen LogP contribution in [0, 0.1) is 36.5 Å². The van der Waals surface area contributed by atoms with Crippen LogP contribution in [0.4, 0.5) is 0 Å². The fourth-order valence-corrected chi connectivity index (χ4v) is 4.39. The molecule has 0 bridgehead atoms. The molecule has 1 atom stereocenters. The van der Waals surface area contributed by atoms with Crippen molar-refractivity contribution < 1.29 is 19.1 Å². The van der Waals surface area contributed by atoms with Gasteiger partial charge in [-0.25, -0.2) is 4.79 Å². The summed E-state index contributed by atoms with van der Waals surface area (Å²) in [6.07, 6.45) is 4.22. The highest BCUT2D eigenvalue weighted by molar-refractivity contribution is 5.99. The first-order valence-electron chi connectivity index (χ1n) is 11.6. The highest BCUT2D eigenvalue weighted by Crippen LogP contribution is 2.28. The first-order valence-corrected chi connectivity index (χ1v) is 11.6. The Morgan fingerprint density at radius 2 is 1.80 bits per heavy atom. The zero-order chi connectivity index (χ0) is 25.6. The molecule has 8 heteroatoms. The lowest BCUT2D eigenvalue weighted by Gasteiger charge is -2.32. The van der Waals surface area contributed by atoms with Crippen LogP contribution in [0.25, 0.3) is 11.8 Å². The number of esters is 1. The Balaban J connectivity index is 1.76. The van der Waals surface area contributed by atoms with Crippen LogP contribution in [0.1, 0.15) is 56.0 Å². The second-order valence-corrected chi connectivity index (χ2v) is 8.82. The number of hydrogen-bond donors (Lipinski definition) is 1. The minimum absolute atomic E-state index is 0.215. The van der Waals surface area contributed by atoms with E-state index in [1.807, 2.05) is 54.8 Å². The van der Waals surface area contributed by atoms with E-state index in [1.165, 1.54) is 13.0 Å². The summed E-state index contributed by atoms with van der Waals surface area (Å²) in [5, 5.41) is 21.9. The van der Waals surface area contributed by atoms with Crippen molar-refractivity contribution in [3.05, 3.63) is 52.9 Å². The Morgan fingerprint density at radius 1 is 1.14 bits per heavy atom. The predicted octanol–water partition coefficient (Wildman–Crippen LogP) is 4.28. The zero-order valence-corrected chi connectivity index (χ0v) is 20.6. The molecule has 1 aliphatic carbocycles. The molecule has 1 fully saturated rings. The van der Waals surface area contributed by atoms with Crippen LogP contribution < -0.4 is 10.1 Å². The van der Waals surface area contributed by atoms with Crippen molar-refractivity contribution in [2.24, 2.45) is 0 Å². The molecule has 1 aliphatic rings. The molecule has 2 aromatic rings. The number of hydrogen-bond acceptors (Lipinski definition) is 6. The fraction of sp³-hybridized carbons (Fsp3) is 0.407. The molecule has 0 radical (unpaired) electrons. The van der Waals surface area contributed by atoms with E-state index in [4.69, 9.17) is 9.47 Å². The Hall–Kier alpha value is -4.04. The van der Waals surface area contributed by atoms with Gasteiger partial charge in [0.05, 0.1) is 13.2 Å². The van der Waals surface area contributed by atoms with Gasteiger partial charge in [0, 0.05) is 17.1 Å². The third-order valence-electron chi connectivity index (χ3n) is 6.38. The maximum Gasteiger partial charge on any atom is 0.349 e. The average Bonchev–Trinajstić information content (AvgIpc) is 3.15. The second kappa shape index (κ2) is 10.9. The quantitative estimate of drug-likeness (QED) is 0.364. The summed E-state index contributed by atoms with van der Waals surface area (Å²) in [4.78, 5) is 25.3. The predicted molar refractivity (Wildman–Crippen MR) is 131 cm³/mol. The lowest BCUT2D eigenvalue weighted by molar-refractivity contribution is -0.151. The lowest BCUT2D eigenvalue weighted by Crippen LogP contribution is -2.52. The van der Waals surface area contributed by atoms with Crippen molar-refractivity contribution in [3.63, 3.8) is 0 Å². The first-order chi connectivity index (χ1) is 16.7. The molecular weight excluding hydrogens is 444 g/mol. The van der Waals surface area contributed by atoms with Crippen molar-refractivity contribution in [1.82, 2.24) is 9.88 Å². The average molecular weight is 475 g/mol. The largest absolute Gasteiger partial charge is 0.497 e. The molecule has 1 amide bonds. The Bertz CT molecular complexity index is 1210. The van der Waals surface area contributed by atoms with Gasteiger partial charge in [-0.2, -0.15) is 10.5 Å². The van der Waals surface area contributed by atoms with E-state index in [9.17, 15) is 20.1 Å². The van der Waals surface area contributed by atoms with E-state index >= 15 is 0 Å². The Morgan fingerprint density at radius 3 is 2.37 bits per heavy atom. The summed E-state index contributed by atoms with van der Waals surface area (Å²) in [5.74, 6) is -0.691. The monoisotopic (exact) mass is 474 g/mol. The van der Waals surface area contributed by atoms with E-state index in [0.29, 0.717) is 18.4 Å². The maximum absolute atomic E-state index is 12.7. The van der Waals surface area contributed by atoms with E-state index in [2.05, 4.69) is 11.4 Å². The number of ether oxygens (including phenoxy) is 2. The van der Waals surface area contributed by atoms with Crippen molar-refractivity contribution in [2.45, 2.75) is 64.5 Å². The standard InChI is InChI=1S/C27H30N4O4/c1-18-14-21(19(2)31(18)23-8-10-24(34-4)11-9-23)15-22(16-28)26(33)35-20(3)25(32)30-27(17-29)12-6-5-7-13-27/h8-11,14-15,20H,5-7,12-13H2,1-4H3,(H,30,32)/b22-15+. The van der Waals surface area contributed by atoms with Gasteiger partial charge in [0.15, 0.2) is 6.10 Å². The molecule has 0 saturated heterocycles. The molecule has 1 aromatic heterocycles. The maximum atomic E-state index is 12.7. The topological polar surface area (TPSA) is 117 Å². The number of rotatable bonds is 7. The van der Waals surface area contributed by atoms with Gasteiger partial charge in [-0.05, 0) is 75.6 Å². The number of carbonyl (C=O) groups excluding carboxylic acids is 2. The van der Waals surface area contributed by atoms with Crippen molar-refractivity contribution in [1.29, 1.82) is 10.5 Å². The van der Waals surface area contributed by atoms with Crippen LogP contribution in [-0.2, 0) is 14.3 Å². The van der Waals surface area contributed by atoms with E-state index in [-0.39, 0.29) is 5.57 Å². The molecule has 1 aromatic carbocycles. The molecule has 1 saturated carbocycles. The van der Waals surface area contributed by atoms with Gasteiger partial charge in [0.1, 0.15) is 22.9 Å². The zero-order valence-electron chi connectivity index (χ0n) is 20.6. The summed E-state index contributed by atoms with van der Waals surface area (Å²) >= 11 is 0. The summed E-state index contributed by atoms with van der Waals surface area (Å²) in [5.41, 5.74) is 2.23. The van der Waals surface area contributed by atoms with Gasteiger partial charge < -0.3 is 19.4 Å².